The first-order chi connectivity index (χ1) is 10.6. The maximum atomic E-state index is 13.0. The average Bonchev–Trinajstić information content (AvgIpc) is 2.59. The number of benzene rings is 2. The standard InChI is InChI=1S/C20H26OS/c1-5-15-9-16(6-2)12-19(11-15)22(21)20-13-17(7-3)10-18(8-4)14-20/h9-14H,5-8H2,1-4H3. The molecule has 2 aromatic rings. The Morgan fingerprint density at radius 1 is 0.591 bits per heavy atom. The van der Waals surface area contributed by atoms with Gasteiger partial charge in [-0.3, -0.25) is 0 Å². The van der Waals surface area contributed by atoms with Crippen molar-refractivity contribution in [2.75, 3.05) is 0 Å². The van der Waals surface area contributed by atoms with Crippen LogP contribution in [0.1, 0.15) is 49.9 Å². The van der Waals surface area contributed by atoms with Crippen molar-refractivity contribution >= 4 is 10.8 Å². The Hall–Kier alpha value is -1.41. The van der Waals surface area contributed by atoms with Gasteiger partial charge in [-0.2, -0.15) is 0 Å². The van der Waals surface area contributed by atoms with E-state index in [2.05, 4.69) is 64.1 Å². The molecule has 1 nitrogen and oxygen atoms in total. The van der Waals surface area contributed by atoms with E-state index in [1.807, 2.05) is 0 Å². The zero-order valence-corrected chi connectivity index (χ0v) is 14.9. The van der Waals surface area contributed by atoms with Crippen LogP contribution in [-0.2, 0) is 36.5 Å². The molecule has 0 aliphatic rings. The van der Waals surface area contributed by atoms with Crippen LogP contribution in [0.25, 0.3) is 0 Å². The highest BCUT2D eigenvalue weighted by Gasteiger charge is 2.11. The van der Waals surface area contributed by atoms with Gasteiger partial charge in [-0.1, -0.05) is 39.8 Å². The lowest BCUT2D eigenvalue weighted by atomic mass is 10.1. The third-order valence-electron chi connectivity index (χ3n) is 4.11. The summed E-state index contributed by atoms with van der Waals surface area (Å²) in [4.78, 5) is 1.87. The van der Waals surface area contributed by atoms with E-state index in [0.717, 1.165) is 35.5 Å². The summed E-state index contributed by atoms with van der Waals surface area (Å²) in [5.74, 6) is 0. The molecule has 0 aliphatic heterocycles. The van der Waals surface area contributed by atoms with E-state index in [1.54, 1.807) is 0 Å². The van der Waals surface area contributed by atoms with Gasteiger partial charge in [0.25, 0.3) is 0 Å². The topological polar surface area (TPSA) is 17.1 Å². The van der Waals surface area contributed by atoms with E-state index in [0.29, 0.717) is 0 Å². The van der Waals surface area contributed by atoms with Gasteiger partial charge in [0.15, 0.2) is 0 Å². The zero-order valence-electron chi connectivity index (χ0n) is 14.1. The fraction of sp³-hybridized carbons (Fsp3) is 0.400. The molecule has 0 aliphatic carbocycles. The first-order valence-corrected chi connectivity index (χ1v) is 9.43. The van der Waals surface area contributed by atoms with Crippen molar-refractivity contribution in [2.24, 2.45) is 0 Å². The predicted octanol–water partition coefficient (Wildman–Crippen LogP) is 5.10. The number of hydrogen-bond acceptors (Lipinski definition) is 1. The molecule has 2 heteroatoms. The molecule has 0 heterocycles. The molecule has 0 fully saturated rings. The summed E-state index contributed by atoms with van der Waals surface area (Å²) in [5.41, 5.74) is 5.07. The van der Waals surface area contributed by atoms with Crippen LogP contribution in [0.3, 0.4) is 0 Å². The van der Waals surface area contributed by atoms with Crippen LogP contribution in [0.2, 0.25) is 0 Å². The Morgan fingerprint density at radius 2 is 0.864 bits per heavy atom. The van der Waals surface area contributed by atoms with Crippen LogP contribution in [-0.4, -0.2) is 4.21 Å². The quantitative estimate of drug-likeness (QED) is 0.724. The average molecular weight is 314 g/mol. The lowest BCUT2D eigenvalue weighted by Gasteiger charge is -2.10. The number of aryl methyl sites for hydroxylation is 4. The third kappa shape index (κ3) is 3.86. The van der Waals surface area contributed by atoms with Gasteiger partial charge in [0.05, 0.1) is 10.8 Å². The lowest BCUT2D eigenvalue weighted by Crippen LogP contribution is -1.99. The summed E-state index contributed by atoms with van der Waals surface area (Å²) in [5, 5.41) is 0. The van der Waals surface area contributed by atoms with Crippen LogP contribution in [0.15, 0.2) is 46.2 Å². The maximum Gasteiger partial charge on any atom is 0.0849 e. The molecule has 0 radical (unpaired) electrons. The van der Waals surface area contributed by atoms with E-state index >= 15 is 0 Å². The predicted molar refractivity (Wildman–Crippen MR) is 95.1 cm³/mol. The minimum atomic E-state index is -1.09. The van der Waals surface area contributed by atoms with Gasteiger partial charge < -0.3 is 0 Å². The van der Waals surface area contributed by atoms with Crippen molar-refractivity contribution < 1.29 is 4.21 Å². The lowest BCUT2D eigenvalue weighted by molar-refractivity contribution is 0.682. The van der Waals surface area contributed by atoms with Crippen LogP contribution >= 0.6 is 0 Å². The maximum absolute atomic E-state index is 13.0. The first-order valence-electron chi connectivity index (χ1n) is 8.28. The van der Waals surface area contributed by atoms with Gasteiger partial charge in [-0.25, -0.2) is 4.21 Å². The van der Waals surface area contributed by atoms with E-state index in [1.165, 1.54) is 22.3 Å². The third-order valence-corrected chi connectivity index (χ3v) is 5.44. The highest BCUT2D eigenvalue weighted by atomic mass is 32.2. The van der Waals surface area contributed by atoms with Crippen molar-refractivity contribution in [3.05, 3.63) is 58.7 Å². The SMILES string of the molecule is CCc1cc(CC)cc(S(=O)c2cc(CC)cc(CC)c2)c1. The van der Waals surface area contributed by atoms with Crippen molar-refractivity contribution in [3.8, 4) is 0 Å². The molecule has 2 aromatic carbocycles. The van der Waals surface area contributed by atoms with E-state index < -0.39 is 10.8 Å². The van der Waals surface area contributed by atoms with Gasteiger partial charge in [-0.15, -0.1) is 0 Å². The van der Waals surface area contributed by atoms with Crippen molar-refractivity contribution in [1.82, 2.24) is 0 Å². The zero-order chi connectivity index (χ0) is 16.1. The summed E-state index contributed by atoms with van der Waals surface area (Å²) >= 11 is 0. The molecular formula is C20H26OS. The van der Waals surface area contributed by atoms with Crippen molar-refractivity contribution in [1.29, 1.82) is 0 Å². The molecule has 0 saturated heterocycles. The van der Waals surface area contributed by atoms with Crippen LogP contribution in [0.4, 0.5) is 0 Å². The highest BCUT2D eigenvalue weighted by molar-refractivity contribution is 7.85. The second kappa shape index (κ2) is 7.73. The van der Waals surface area contributed by atoms with E-state index in [-0.39, 0.29) is 0 Å². The van der Waals surface area contributed by atoms with Crippen molar-refractivity contribution in [3.63, 3.8) is 0 Å². The van der Waals surface area contributed by atoms with Crippen LogP contribution in [0.5, 0.6) is 0 Å². The molecule has 2 rings (SSSR count). The number of hydrogen-bond donors (Lipinski definition) is 0. The molecule has 0 saturated carbocycles. The van der Waals surface area contributed by atoms with E-state index in [4.69, 9.17) is 0 Å². The van der Waals surface area contributed by atoms with E-state index in [9.17, 15) is 4.21 Å². The Kier molecular flexibility index (Phi) is 5.96. The summed E-state index contributed by atoms with van der Waals surface area (Å²) < 4.78 is 13.0. The largest absolute Gasteiger partial charge is 0.249 e. The number of rotatable bonds is 6. The molecule has 22 heavy (non-hydrogen) atoms. The van der Waals surface area contributed by atoms with Crippen LogP contribution < -0.4 is 0 Å². The molecule has 0 bridgehead atoms. The molecule has 0 N–H and O–H groups in total. The Labute approximate surface area is 137 Å². The highest BCUT2D eigenvalue weighted by Crippen LogP contribution is 2.23. The Morgan fingerprint density at radius 3 is 1.09 bits per heavy atom. The van der Waals surface area contributed by atoms with Gasteiger partial charge in [0, 0.05) is 9.79 Å². The summed E-state index contributed by atoms with van der Waals surface area (Å²) in [6.07, 6.45) is 3.92. The molecular weight excluding hydrogens is 288 g/mol. The monoisotopic (exact) mass is 314 g/mol. The normalized spacial score (nSPS) is 11.1. The minimum Gasteiger partial charge on any atom is -0.249 e. The molecule has 0 aromatic heterocycles. The van der Waals surface area contributed by atoms with Gasteiger partial charge >= 0.3 is 0 Å². The van der Waals surface area contributed by atoms with Gasteiger partial charge in [0.1, 0.15) is 0 Å². The minimum absolute atomic E-state index is 0.937. The van der Waals surface area contributed by atoms with Gasteiger partial charge in [0.2, 0.25) is 0 Å². The Bertz CT molecular complexity index is 571. The smallest absolute Gasteiger partial charge is 0.0849 e. The fourth-order valence-electron chi connectivity index (χ4n) is 2.62. The Balaban J connectivity index is 2.47. The van der Waals surface area contributed by atoms with Gasteiger partial charge in [-0.05, 0) is 72.2 Å². The summed E-state index contributed by atoms with van der Waals surface area (Å²) in [6.45, 7) is 8.59. The molecule has 0 unspecified atom stereocenters. The fourth-order valence-corrected chi connectivity index (χ4v) is 3.93. The molecule has 0 atom stereocenters. The molecule has 118 valence electrons. The molecule has 0 amide bonds. The van der Waals surface area contributed by atoms with Crippen LogP contribution in [0, 0.1) is 0 Å². The summed E-state index contributed by atoms with van der Waals surface area (Å²) in [7, 11) is -1.09. The van der Waals surface area contributed by atoms with Crippen molar-refractivity contribution in [2.45, 2.75) is 63.2 Å². The second-order valence-corrected chi connectivity index (χ2v) is 7.13. The first kappa shape index (κ1) is 17.0. The summed E-state index contributed by atoms with van der Waals surface area (Å²) in [6, 6.07) is 12.8. The second-order valence-electron chi connectivity index (χ2n) is 5.65. The molecule has 0 spiro atoms.